The van der Waals surface area contributed by atoms with Crippen molar-refractivity contribution in [3.05, 3.63) is 22.4 Å². The second kappa shape index (κ2) is 5.14. The summed E-state index contributed by atoms with van der Waals surface area (Å²) in [5.41, 5.74) is 5.93. The standard InChI is InChI=1S/C12H16BrN3O2/c1-2-15-7-8(13)6-10(15)12(18)16-5-3-4-9(16)11(14)17/h6-7,9H,2-5H2,1H3,(H2,14,17). The molecule has 0 aliphatic carbocycles. The quantitative estimate of drug-likeness (QED) is 0.915. The molecular weight excluding hydrogens is 298 g/mol. The highest BCUT2D eigenvalue weighted by Gasteiger charge is 2.34. The zero-order valence-corrected chi connectivity index (χ0v) is 11.8. The molecule has 1 unspecified atom stereocenters. The van der Waals surface area contributed by atoms with Crippen LogP contribution in [0.25, 0.3) is 0 Å². The number of carbonyl (C=O) groups excluding carboxylic acids is 2. The third-order valence-corrected chi connectivity index (χ3v) is 3.70. The monoisotopic (exact) mass is 313 g/mol. The SMILES string of the molecule is CCn1cc(Br)cc1C(=O)N1CCCC1C(N)=O. The van der Waals surface area contributed by atoms with Crippen LogP contribution in [0.4, 0.5) is 0 Å². The number of primary amides is 1. The number of aromatic nitrogens is 1. The fourth-order valence-corrected chi connectivity index (χ4v) is 2.83. The normalized spacial score (nSPS) is 19.2. The van der Waals surface area contributed by atoms with Gasteiger partial charge in [-0.2, -0.15) is 0 Å². The zero-order chi connectivity index (χ0) is 13.3. The average Bonchev–Trinajstić information content (AvgIpc) is 2.93. The first kappa shape index (κ1) is 13.1. The van der Waals surface area contributed by atoms with E-state index in [4.69, 9.17) is 5.73 Å². The molecule has 18 heavy (non-hydrogen) atoms. The van der Waals surface area contributed by atoms with Gasteiger partial charge in [-0.15, -0.1) is 0 Å². The predicted octanol–water partition coefficient (Wildman–Crippen LogP) is 1.36. The fourth-order valence-electron chi connectivity index (χ4n) is 2.37. The summed E-state index contributed by atoms with van der Waals surface area (Å²) in [6.07, 6.45) is 3.35. The minimum absolute atomic E-state index is 0.121. The Labute approximate surface area is 114 Å². The topological polar surface area (TPSA) is 68.3 Å². The van der Waals surface area contributed by atoms with Crippen molar-refractivity contribution in [2.75, 3.05) is 6.54 Å². The lowest BCUT2D eigenvalue weighted by atomic mass is 10.2. The van der Waals surface area contributed by atoms with E-state index in [1.807, 2.05) is 17.7 Å². The van der Waals surface area contributed by atoms with Crippen molar-refractivity contribution < 1.29 is 9.59 Å². The van der Waals surface area contributed by atoms with Gasteiger partial charge in [0.05, 0.1) is 0 Å². The van der Waals surface area contributed by atoms with Crippen molar-refractivity contribution in [1.82, 2.24) is 9.47 Å². The number of rotatable bonds is 3. The molecule has 1 aliphatic rings. The van der Waals surface area contributed by atoms with Crippen LogP contribution in [0.2, 0.25) is 0 Å². The Morgan fingerprint density at radius 2 is 2.28 bits per heavy atom. The Morgan fingerprint density at radius 3 is 2.89 bits per heavy atom. The van der Waals surface area contributed by atoms with Gasteiger partial charge in [0, 0.05) is 23.8 Å². The van der Waals surface area contributed by atoms with E-state index in [1.54, 1.807) is 11.0 Å². The van der Waals surface area contributed by atoms with Crippen molar-refractivity contribution >= 4 is 27.7 Å². The molecule has 1 aliphatic heterocycles. The summed E-state index contributed by atoms with van der Waals surface area (Å²) >= 11 is 3.36. The van der Waals surface area contributed by atoms with Gasteiger partial charge in [-0.25, -0.2) is 0 Å². The minimum atomic E-state index is -0.462. The maximum absolute atomic E-state index is 12.4. The number of amides is 2. The Morgan fingerprint density at radius 1 is 1.56 bits per heavy atom. The van der Waals surface area contributed by atoms with Crippen LogP contribution in [0.3, 0.4) is 0 Å². The summed E-state index contributed by atoms with van der Waals surface area (Å²) < 4.78 is 2.73. The zero-order valence-electron chi connectivity index (χ0n) is 10.2. The molecule has 0 spiro atoms. The number of carbonyl (C=O) groups is 2. The highest BCUT2D eigenvalue weighted by Crippen LogP contribution is 2.22. The summed E-state index contributed by atoms with van der Waals surface area (Å²) in [5.74, 6) is -0.543. The van der Waals surface area contributed by atoms with Gasteiger partial charge in [0.15, 0.2) is 0 Å². The van der Waals surface area contributed by atoms with Crippen molar-refractivity contribution in [3.8, 4) is 0 Å². The van der Waals surface area contributed by atoms with Gasteiger partial charge in [-0.1, -0.05) is 0 Å². The molecule has 0 aromatic carbocycles. The molecule has 2 heterocycles. The molecule has 2 N–H and O–H groups in total. The van der Waals surface area contributed by atoms with Crippen LogP contribution in [-0.2, 0) is 11.3 Å². The Hall–Kier alpha value is -1.30. The Kier molecular flexibility index (Phi) is 3.75. The number of nitrogens with two attached hydrogens (primary N) is 1. The number of nitrogens with zero attached hydrogens (tertiary/aromatic N) is 2. The van der Waals surface area contributed by atoms with E-state index in [1.165, 1.54) is 0 Å². The van der Waals surface area contributed by atoms with Gasteiger partial charge in [0.1, 0.15) is 11.7 Å². The third kappa shape index (κ3) is 2.29. The van der Waals surface area contributed by atoms with Crippen molar-refractivity contribution in [3.63, 3.8) is 0 Å². The van der Waals surface area contributed by atoms with Crippen molar-refractivity contribution in [1.29, 1.82) is 0 Å². The number of likely N-dealkylation sites (tertiary alicyclic amines) is 1. The lowest BCUT2D eigenvalue weighted by Gasteiger charge is -2.22. The van der Waals surface area contributed by atoms with Gasteiger partial charge in [-0.05, 0) is 41.8 Å². The Bertz CT molecular complexity index is 484. The summed E-state index contributed by atoms with van der Waals surface area (Å²) in [4.78, 5) is 25.3. The van der Waals surface area contributed by atoms with E-state index >= 15 is 0 Å². The minimum Gasteiger partial charge on any atom is -0.368 e. The van der Waals surface area contributed by atoms with Crippen molar-refractivity contribution in [2.45, 2.75) is 32.4 Å². The van der Waals surface area contributed by atoms with E-state index in [0.29, 0.717) is 25.2 Å². The smallest absolute Gasteiger partial charge is 0.271 e. The van der Waals surface area contributed by atoms with E-state index < -0.39 is 11.9 Å². The first-order valence-corrected chi connectivity index (χ1v) is 6.80. The second-order valence-corrected chi connectivity index (χ2v) is 5.30. The molecule has 1 saturated heterocycles. The van der Waals surface area contributed by atoms with Gasteiger partial charge in [0.2, 0.25) is 5.91 Å². The molecule has 5 nitrogen and oxygen atoms in total. The number of halogens is 1. The van der Waals surface area contributed by atoms with Crippen LogP contribution >= 0.6 is 15.9 Å². The van der Waals surface area contributed by atoms with Crippen LogP contribution in [0.5, 0.6) is 0 Å². The number of hydrogen-bond acceptors (Lipinski definition) is 2. The first-order valence-electron chi connectivity index (χ1n) is 6.00. The summed E-state index contributed by atoms with van der Waals surface area (Å²) in [6.45, 7) is 3.28. The lowest BCUT2D eigenvalue weighted by Crippen LogP contribution is -2.44. The maximum atomic E-state index is 12.4. The third-order valence-electron chi connectivity index (χ3n) is 3.27. The number of aryl methyl sites for hydroxylation is 1. The molecule has 2 amide bonds. The van der Waals surface area contributed by atoms with Gasteiger partial charge in [-0.3, -0.25) is 9.59 Å². The highest BCUT2D eigenvalue weighted by atomic mass is 79.9. The van der Waals surface area contributed by atoms with E-state index in [9.17, 15) is 9.59 Å². The van der Waals surface area contributed by atoms with E-state index in [-0.39, 0.29) is 5.91 Å². The molecule has 1 fully saturated rings. The van der Waals surface area contributed by atoms with Crippen LogP contribution in [0.15, 0.2) is 16.7 Å². The van der Waals surface area contributed by atoms with Crippen LogP contribution in [0, 0.1) is 0 Å². The second-order valence-electron chi connectivity index (χ2n) is 4.39. The molecule has 0 radical (unpaired) electrons. The Balaban J connectivity index is 2.27. The summed E-state index contributed by atoms with van der Waals surface area (Å²) in [6, 6.07) is 1.32. The molecule has 1 aromatic heterocycles. The molecule has 6 heteroatoms. The van der Waals surface area contributed by atoms with Gasteiger partial charge < -0.3 is 15.2 Å². The summed E-state index contributed by atoms with van der Waals surface area (Å²) in [7, 11) is 0. The predicted molar refractivity (Wildman–Crippen MR) is 71.1 cm³/mol. The molecule has 0 saturated carbocycles. The molecule has 98 valence electrons. The maximum Gasteiger partial charge on any atom is 0.271 e. The largest absolute Gasteiger partial charge is 0.368 e. The molecule has 2 rings (SSSR count). The van der Waals surface area contributed by atoms with Crippen LogP contribution < -0.4 is 5.73 Å². The number of hydrogen-bond donors (Lipinski definition) is 1. The van der Waals surface area contributed by atoms with Crippen LogP contribution in [0.1, 0.15) is 30.3 Å². The van der Waals surface area contributed by atoms with E-state index in [0.717, 1.165) is 10.9 Å². The summed E-state index contributed by atoms with van der Waals surface area (Å²) in [5, 5.41) is 0. The fraction of sp³-hybridized carbons (Fsp3) is 0.500. The van der Waals surface area contributed by atoms with Gasteiger partial charge in [0.25, 0.3) is 5.91 Å². The van der Waals surface area contributed by atoms with Gasteiger partial charge >= 0.3 is 0 Å². The molecule has 0 bridgehead atoms. The first-order chi connectivity index (χ1) is 8.54. The van der Waals surface area contributed by atoms with E-state index in [2.05, 4.69) is 15.9 Å². The molecular formula is C12H16BrN3O2. The average molecular weight is 314 g/mol. The lowest BCUT2D eigenvalue weighted by molar-refractivity contribution is -0.121. The highest BCUT2D eigenvalue weighted by molar-refractivity contribution is 9.10. The van der Waals surface area contributed by atoms with Crippen molar-refractivity contribution in [2.24, 2.45) is 5.73 Å². The molecule has 1 aromatic rings. The van der Waals surface area contributed by atoms with Crippen LogP contribution in [-0.4, -0.2) is 33.9 Å². The molecule has 1 atom stereocenters.